The number of halogens is 1. The van der Waals surface area contributed by atoms with E-state index < -0.39 is 5.97 Å². The lowest BCUT2D eigenvalue weighted by molar-refractivity contribution is -0.131. The molecule has 1 N–H and O–H groups in total. The Hall–Kier alpha value is -2.27. The number of amides is 1. The van der Waals surface area contributed by atoms with Gasteiger partial charge in [0.05, 0.1) is 0 Å². The van der Waals surface area contributed by atoms with Crippen molar-refractivity contribution in [1.82, 2.24) is 9.47 Å². The minimum absolute atomic E-state index is 0.00127. The average Bonchev–Trinajstić information content (AvgIpc) is 2.89. The summed E-state index contributed by atoms with van der Waals surface area (Å²) in [5.74, 6) is -1.21. The highest BCUT2D eigenvalue weighted by molar-refractivity contribution is 6.30. The van der Waals surface area contributed by atoms with Gasteiger partial charge in [-0.25, -0.2) is 4.79 Å². The smallest absolute Gasteiger partial charge is 0.352 e. The molecule has 0 radical (unpaired) electrons. The van der Waals surface area contributed by atoms with Gasteiger partial charge in [0.1, 0.15) is 12.2 Å². The number of carboxylic acids is 1. The number of hydrogen-bond donors (Lipinski definition) is 1. The lowest BCUT2D eigenvalue weighted by atomic mass is 10.2. The predicted molar refractivity (Wildman–Crippen MR) is 79.3 cm³/mol. The number of hydrogen-bond acceptors (Lipinski definition) is 2. The van der Waals surface area contributed by atoms with Gasteiger partial charge in [0, 0.05) is 24.8 Å². The molecular formula is C15H15ClN2O3. The van der Waals surface area contributed by atoms with Gasteiger partial charge in [0.15, 0.2) is 0 Å². The van der Waals surface area contributed by atoms with E-state index in [1.807, 2.05) is 12.1 Å². The van der Waals surface area contributed by atoms with Crippen LogP contribution in [0.3, 0.4) is 0 Å². The first-order valence-corrected chi connectivity index (χ1v) is 6.72. The summed E-state index contributed by atoms with van der Waals surface area (Å²) in [4.78, 5) is 24.7. The first-order chi connectivity index (χ1) is 9.97. The van der Waals surface area contributed by atoms with Crippen LogP contribution in [0.1, 0.15) is 16.1 Å². The van der Waals surface area contributed by atoms with Crippen LogP contribution in [0, 0.1) is 0 Å². The van der Waals surface area contributed by atoms with Crippen LogP contribution in [0.15, 0.2) is 42.6 Å². The number of nitrogens with zero attached hydrogens (tertiary/aromatic N) is 2. The lowest BCUT2D eigenvalue weighted by Gasteiger charge is -2.18. The Bertz CT molecular complexity index is 649. The standard InChI is InChI=1S/C15H15ClN2O3/c1-17(9-11-4-6-12(16)7-5-11)14(19)10-18-8-2-3-13(18)15(20)21/h2-8H,9-10H2,1H3,(H,20,21). The Balaban J connectivity index is 2.01. The second-order valence-electron chi connectivity index (χ2n) is 4.70. The van der Waals surface area contributed by atoms with Crippen LogP contribution in [0.5, 0.6) is 0 Å². The molecule has 110 valence electrons. The molecule has 0 saturated carbocycles. The van der Waals surface area contributed by atoms with Gasteiger partial charge < -0.3 is 14.6 Å². The molecule has 0 atom stereocenters. The molecule has 0 unspecified atom stereocenters. The van der Waals surface area contributed by atoms with Crippen LogP contribution in [0.25, 0.3) is 0 Å². The molecule has 21 heavy (non-hydrogen) atoms. The van der Waals surface area contributed by atoms with Crippen molar-refractivity contribution in [1.29, 1.82) is 0 Å². The Morgan fingerprint density at radius 1 is 1.24 bits per heavy atom. The van der Waals surface area contributed by atoms with Gasteiger partial charge >= 0.3 is 5.97 Å². The molecule has 0 saturated heterocycles. The molecule has 2 aromatic rings. The summed E-state index contributed by atoms with van der Waals surface area (Å²) in [6.45, 7) is 0.443. The molecular weight excluding hydrogens is 292 g/mol. The topological polar surface area (TPSA) is 62.5 Å². The van der Waals surface area contributed by atoms with Gasteiger partial charge in [-0.05, 0) is 29.8 Å². The highest BCUT2D eigenvalue weighted by atomic mass is 35.5. The number of carbonyl (C=O) groups is 2. The molecule has 0 aliphatic heterocycles. The SMILES string of the molecule is CN(Cc1ccc(Cl)cc1)C(=O)Cn1cccc1C(=O)O. The van der Waals surface area contributed by atoms with Gasteiger partial charge in [-0.1, -0.05) is 23.7 Å². The van der Waals surface area contributed by atoms with E-state index in [1.165, 1.54) is 10.6 Å². The van der Waals surface area contributed by atoms with Crippen LogP contribution in [-0.4, -0.2) is 33.5 Å². The Labute approximate surface area is 127 Å². The molecule has 0 aliphatic rings. The molecule has 0 spiro atoms. The molecule has 0 aliphatic carbocycles. The quantitative estimate of drug-likeness (QED) is 0.923. The molecule has 1 amide bonds. The maximum absolute atomic E-state index is 12.1. The van der Waals surface area contributed by atoms with E-state index in [9.17, 15) is 9.59 Å². The van der Waals surface area contributed by atoms with E-state index in [0.717, 1.165) is 5.56 Å². The predicted octanol–water partition coefficient (Wildman–Crippen LogP) is 2.50. The zero-order valence-electron chi connectivity index (χ0n) is 11.5. The summed E-state index contributed by atoms with van der Waals surface area (Å²) >= 11 is 5.81. The van der Waals surface area contributed by atoms with E-state index in [0.29, 0.717) is 11.6 Å². The highest BCUT2D eigenvalue weighted by Crippen LogP contribution is 2.11. The maximum Gasteiger partial charge on any atom is 0.352 e. The third-order valence-corrected chi connectivity index (χ3v) is 3.36. The van der Waals surface area contributed by atoms with Crippen molar-refractivity contribution < 1.29 is 14.7 Å². The summed E-state index contributed by atoms with van der Waals surface area (Å²) in [5.41, 5.74) is 1.06. The van der Waals surface area contributed by atoms with E-state index in [-0.39, 0.29) is 18.1 Å². The Morgan fingerprint density at radius 3 is 2.52 bits per heavy atom. The molecule has 0 bridgehead atoms. The number of carboxylic acid groups (broad SMARTS) is 1. The van der Waals surface area contributed by atoms with Crippen molar-refractivity contribution in [3.8, 4) is 0 Å². The normalized spacial score (nSPS) is 10.4. The van der Waals surface area contributed by atoms with E-state index in [4.69, 9.17) is 16.7 Å². The Kier molecular flexibility index (Phi) is 4.65. The van der Waals surface area contributed by atoms with E-state index >= 15 is 0 Å². The summed E-state index contributed by atoms with van der Waals surface area (Å²) in [7, 11) is 1.68. The lowest BCUT2D eigenvalue weighted by Crippen LogP contribution is -2.30. The second-order valence-corrected chi connectivity index (χ2v) is 5.14. The molecule has 1 aromatic heterocycles. The minimum Gasteiger partial charge on any atom is -0.477 e. The number of rotatable bonds is 5. The molecule has 5 nitrogen and oxygen atoms in total. The highest BCUT2D eigenvalue weighted by Gasteiger charge is 2.14. The number of carbonyl (C=O) groups excluding carboxylic acids is 1. The summed E-state index contributed by atoms with van der Waals surface area (Å²) < 4.78 is 1.42. The minimum atomic E-state index is -1.05. The molecule has 0 fully saturated rings. The summed E-state index contributed by atoms with van der Waals surface area (Å²) in [6.07, 6.45) is 1.58. The second kappa shape index (κ2) is 6.45. The molecule has 1 aromatic carbocycles. The van der Waals surface area contributed by atoms with Gasteiger partial charge in [-0.15, -0.1) is 0 Å². The monoisotopic (exact) mass is 306 g/mol. The third kappa shape index (κ3) is 3.86. The first kappa shape index (κ1) is 15.1. The molecule has 1 heterocycles. The van der Waals surface area contributed by atoms with Crippen LogP contribution in [-0.2, 0) is 17.9 Å². The van der Waals surface area contributed by atoms with E-state index in [2.05, 4.69) is 0 Å². The van der Waals surface area contributed by atoms with Crippen molar-refractivity contribution in [2.75, 3.05) is 7.05 Å². The average molecular weight is 307 g/mol. The van der Waals surface area contributed by atoms with E-state index in [1.54, 1.807) is 36.3 Å². The third-order valence-electron chi connectivity index (χ3n) is 3.11. The zero-order valence-corrected chi connectivity index (χ0v) is 12.2. The maximum atomic E-state index is 12.1. The number of aromatic nitrogens is 1. The number of benzene rings is 1. The van der Waals surface area contributed by atoms with Crippen molar-refractivity contribution in [2.24, 2.45) is 0 Å². The fourth-order valence-corrected chi connectivity index (χ4v) is 2.09. The molecule has 6 heteroatoms. The van der Waals surface area contributed by atoms with Gasteiger partial charge in [-0.3, -0.25) is 4.79 Å². The van der Waals surface area contributed by atoms with Crippen LogP contribution in [0.2, 0.25) is 5.02 Å². The van der Waals surface area contributed by atoms with Gasteiger partial charge in [0.25, 0.3) is 0 Å². The number of aromatic carboxylic acids is 1. The first-order valence-electron chi connectivity index (χ1n) is 6.34. The molecule has 2 rings (SSSR count). The summed E-state index contributed by atoms with van der Waals surface area (Å²) in [5, 5.41) is 9.65. The van der Waals surface area contributed by atoms with Crippen molar-refractivity contribution in [2.45, 2.75) is 13.1 Å². The Morgan fingerprint density at radius 2 is 1.90 bits per heavy atom. The van der Waals surface area contributed by atoms with Crippen LogP contribution < -0.4 is 0 Å². The fraction of sp³-hybridized carbons (Fsp3) is 0.200. The number of likely N-dealkylation sites (N-methyl/N-ethyl adjacent to an activating group) is 1. The largest absolute Gasteiger partial charge is 0.477 e. The van der Waals surface area contributed by atoms with Crippen molar-refractivity contribution >= 4 is 23.5 Å². The fourth-order valence-electron chi connectivity index (χ4n) is 1.96. The van der Waals surface area contributed by atoms with Gasteiger partial charge in [-0.2, -0.15) is 0 Å². The zero-order chi connectivity index (χ0) is 15.4. The van der Waals surface area contributed by atoms with Crippen LogP contribution >= 0.6 is 11.6 Å². The van der Waals surface area contributed by atoms with Crippen LogP contribution in [0.4, 0.5) is 0 Å². The van der Waals surface area contributed by atoms with Crippen molar-refractivity contribution in [3.05, 3.63) is 58.9 Å². The van der Waals surface area contributed by atoms with Crippen molar-refractivity contribution in [3.63, 3.8) is 0 Å². The van der Waals surface area contributed by atoms with Gasteiger partial charge in [0.2, 0.25) is 5.91 Å². The summed E-state index contributed by atoms with van der Waals surface area (Å²) in [6, 6.07) is 10.3.